The molecule has 2 heterocycles. The number of amidine groups is 1. The molecule has 0 amide bonds. The topological polar surface area (TPSA) is 79.8 Å². The lowest BCUT2D eigenvalue weighted by Gasteiger charge is -2.32. The molecule has 7 heteroatoms. The number of aromatic nitrogens is 2. The van der Waals surface area contributed by atoms with E-state index < -0.39 is 11.5 Å². The van der Waals surface area contributed by atoms with Crippen LogP contribution >= 0.6 is 0 Å². The maximum atomic E-state index is 13.8. The molecule has 2 fully saturated rings. The summed E-state index contributed by atoms with van der Waals surface area (Å²) < 4.78 is 11.0. The number of aromatic amines is 1. The van der Waals surface area contributed by atoms with Gasteiger partial charge < -0.3 is 19.4 Å². The zero-order chi connectivity index (χ0) is 22.5. The number of anilines is 1. The first-order valence-electron chi connectivity index (χ1n) is 11.0. The van der Waals surface area contributed by atoms with Crippen LogP contribution in [0.4, 0.5) is 5.69 Å². The van der Waals surface area contributed by atoms with Gasteiger partial charge in [0.25, 0.3) is 0 Å². The third kappa shape index (κ3) is 3.42. The van der Waals surface area contributed by atoms with Crippen LogP contribution in [0.15, 0.2) is 47.5 Å². The van der Waals surface area contributed by atoms with Gasteiger partial charge in [0, 0.05) is 24.7 Å². The second-order valence-corrected chi connectivity index (χ2v) is 9.04. The molecular weight excluding hydrogens is 404 g/mol. The Kier molecular flexibility index (Phi) is 4.92. The van der Waals surface area contributed by atoms with Crippen LogP contribution in [-0.2, 0) is 4.79 Å². The Bertz CT molecular complexity index is 1150. The molecule has 0 radical (unpaired) electrons. The number of imidazole rings is 1. The molecule has 0 spiro atoms. The number of aliphatic imine (C=N–C) groups is 1. The van der Waals surface area contributed by atoms with Crippen molar-refractivity contribution in [2.24, 2.45) is 10.9 Å². The Labute approximate surface area is 187 Å². The van der Waals surface area contributed by atoms with Gasteiger partial charge in [-0.3, -0.25) is 9.79 Å². The number of Topliss-reactive ketones (excluding diaryl/α,β-unsaturated/α-hetero) is 1. The van der Waals surface area contributed by atoms with E-state index in [1.54, 1.807) is 14.2 Å². The van der Waals surface area contributed by atoms with E-state index in [-0.39, 0.29) is 5.78 Å². The van der Waals surface area contributed by atoms with E-state index in [9.17, 15) is 4.79 Å². The average molecular weight is 433 g/mol. The third-order valence-electron chi connectivity index (χ3n) is 6.40. The van der Waals surface area contributed by atoms with E-state index in [0.29, 0.717) is 29.8 Å². The van der Waals surface area contributed by atoms with Crippen molar-refractivity contribution in [1.82, 2.24) is 9.97 Å². The number of ether oxygens (including phenoxy) is 2. The number of ketones is 1. The first-order valence-corrected chi connectivity index (χ1v) is 11.0. The summed E-state index contributed by atoms with van der Waals surface area (Å²) in [5, 5.41) is 0. The van der Waals surface area contributed by atoms with E-state index in [4.69, 9.17) is 19.5 Å². The molecule has 1 aromatic heterocycles. The van der Waals surface area contributed by atoms with Crippen molar-refractivity contribution in [1.29, 1.82) is 0 Å². The Morgan fingerprint density at radius 1 is 1.12 bits per heavy atom. The first-order chi connectivity index (χ1) is 15.4. The Balaban J connectivity index is 1.66. The SMILES string of the molecule is COc1cc(OC)cc(N2C(=NCC3CC3)C(c3nc4ccccc4[nH]3)C(=O)C2(C)C)c1. The highest BCUT2D eigenvalue weighted by Gasteiger charge is 2.53. The highest BCUT2D eigenvalue weighted by atomic mass is 16.5. The van der Waals surface area contributed by atoms with Crippen LogP contribution < -0.4 is 14.4 Å². The molecule has 166 valence electrons. The Morgan fingerprint density at radius 2 is 1.81 bits per heavy atom. The lowest BCUT2D eigenvalue weighted by atomic mass is 9.93. The number of hydrogen-bond acceptors (Lipinski definition) is 5. The largest absolute Gasteiger partial charge is 0.497 e. The number of rotatable bonds is 6. The van der Waals surface area contributed by atoms with Crippen LogP contribution in [0.3, 0.4) is 0 Å². The monoisotopic (exact) mass is 432 g/mol. The number of nitrogens with one attached hydrogen (secondary N) is 1. The van der Waals surface area contributed by atoms with Crippen LogP contribution in [0.5, 0.6) is 11.5 Å². The molecule has 1 atom stereocenters. The van der Waals surface area contributed by atoms with Gasteiger partial charge in [0.1, 0.15) is 34.6 Å². The van der Waals surface area contributed by atoms with Crippen LogP contribution in [0, 0.1) is 5.92 Å². The van der Waals surface area contributed by atoms with E-state index in [1.165, 1.54) is 12.8 Å². The van der Waals surface area contributed by atoms with Crippen molar-refractivity contribution < 1.29 is 14.3 Å². The molecule has 5 rings (SSSR count). The minimum absolute atomic E-state index is 0.0629. The molecule has 7 nitrogen and oxygen atoms in total. The number of hydrogen-bond donors (Lipinski definition) is 1. The molecule has 0 bridgehead atoms. The summed E-state index contributed by atoms with van der Waals surface area (Å²) in [6.45, 7) is 4.60. The second kappa shape index (κ2) is 7.65. The maximum Gasteiger partial charge on any atom is 0.176 e. The van der Waals surface area contributed by atoms with Gasteiger partial charge in [-0.25, -0.2) is 4.98 Å². The van der Waals surface area contributed by atoms with E-state index >= 15 is 0 Å². The molecule has 1 unspecified atom stereocenters. The molecule has 1 N–H and O–H groups in total. The van der Waals surface area contributed by atoms with Crippen molar-refractivity contribution >= 4 is 28.3 Å². The fourth-order valence-electron chi connectivity index (χ4n) is 4.41. The van der Waals surface area contributed by atoms with E-state index in [1.807, 2.05) is 61.2 Å². The maximum absolute atomic E-state index is 13.8. The van der Waals surface area contributed by atoms with Crippen LogP contribution in [0.1, 0.15) is 38.4 Å². The third-order valence-corrected chi connectivity index (χ3v) is 6.40. The molecule has 32 heavy (non-hydrogen) atoms. The summed E-state index contributed by atoms with van der Waals surface area (Å²) in [7, 11) is 3.25. The lowest BCUT2D eigenvalue weighted by molar-refractivity contribution is -0.121. The molecule has 2 aromatic carbocycles. The summed E-state index contributed by atoms with van der Waals surface area (Å²) in [6.07, 6.45) is 2.38. The van der Waals surface area contributed by atoms with Gasteiger partial charge in [-0.15, -0.1) is 0 Å². The number of carbonyl (C=O) groups is 1. The molecule has 1 saturated heterocycles. The number of carbonyl (C=O) groups excluding carboxylic acids is 1. The summed E-state index contributed by atoms with van der Waals surface area (Å²) in [5.74, 6) is 2.78. The smallest absolute Gasteiger partial charge is 0.176 e. The van der Waals surface area contributed by atoms with E-state index in [0.717, 1.165) is 22.6 Å². The number of fused-ring (bicyclic) bond motifs is 1. The van der Waals surface area contributed by atoms with Crippen molar-refractivity contribution in [2.45, 2.75) is 38.1 Å². The predicted molar refractivity (Wildman–Crippen MR) is 125 cm³/mol. The van der Waals surface area contributed by atoms with Crippen LogP contribution in [0.2, 0.25) is 0 Å². The van der Waals surface area contributed by atoms with Gasteiger partial charge in [0.2, 0.25) is 0 Å². The van der Waals surface area contributed by atoms with Crippen LogP contribution in [0.25, 0.3) is 11.0 Å². The van der Waals surface area contributed by atoms with Crippen molar-refractivity contribution in [3.05, 3.63) is 48.3 Å². The molecular formula is C25H28N4O3. The Morgan fingerprint density at radius 3 is 2.44 bits per heavy atom. The minimum Gasteiger partial charge on any atom is -0.497 e. The molecule has 1 aliphatic heterocycles. The highest BCUT2D eigenvalue weighted by Crippen LogP contribution is 2.43. The summed E-state index contributed by atoms with van der Waals surface area (Å²) in [4.78, 5) is 29.0. The van der Waals surface area contributed by atoms with Gasteiger partial charge in [-0.2, -0.15) is 0 Å². The van der Waals surface area contributed by atoms with E-state index in [2.05, 4.69) is 4.98 Å². The van der Waals surface area contributed by atoms with Gasteiger partial charge in [0.05, 0.1) is 30.9 Å². The zero-order valence-corrected chi connectivity index (χ0v) is 18.9. The summed E-state index contributed by atoms with van der Waals surface area (Å²) in [6, 6.07) is 13.5. The Hall–Kier alpha value is -3.35. The molecule has 1 aliphatic carbocycles. The number of benzene rings is 2. The van der Waals surface area contributed by atoms with Gasteiger partial charge >= 0.3 is 0 Å². The van der Waals surface area contributed by atoms with Crippen LogP contribution in [-0.4, -0.2) is 47.9 Å². The quantitative estimate of drug-likeness (QED) is 0.627. The molecule has 1 saturated carbocycles. The number of nitrogens with zero attached hydrogens (tertiary/aromatic N) is 3. The number of methoxy groups -OCH3 is 2. The van der Waals surface area contributed by atoms with Crippen molar-refractivity contribution in [3.63, 3.8) is 0 Å². The average Bonchev–Trinajstić information content (AvgIpc) is 3.48. The number of H-pyrrole nitrogens is 1. The highest BCUT2D eigenvalue weighted by molar-refractivity contribution is 6.26. The summed E-state index contributed by atoms with van der Waals surface area (Å²) in [5.41, 5.74) is 1.75. The van der Waals surface area contributed by atoms with Gasteiger partial charge in [0.15, 0.2) is 5.78 Å². The van der Waals surface area contributed by atoms with Gasteiger partial charge in [-0.05, 0) is 44.7 Å². The summed E-state index contributed by atoms with van der Waals surface area (Å²) >= 11 is 0. The predicted octanol–water partition coefficient (Wildman–Crippen LogP) is 4.34. The molecule has 3 aromatic rings. The standard InChI is InChI=1S/C25H28N4O3/c1-25(2)22(30)21(23-27-19-7-5-6-8-20(19)28-23)24(26-14-15-9-10-15)29(25)16-11-17(31-3)13-18(12-16)32-4/h5-8,11-13,15,21H,9-10,14H2,1-4H3,(H,27,28). The van der Waals surface area contributed by atoms with Gasteiger partial charge in [-0.1, -0.05) is 12.1 Å². The number of para-hydroxylation sites is 2. The first kappa shape index (κ1) is 20.5. The van der Waals surface area contributed by atoms with Crippen molar-refractivity contribution in [2.75, 3.05) is 25.7 Å². The second-order valence-electron chi connectivity index (χ2n) is 9.04. The lowest BCUT2D eigenvalue weighted by Crippen LogP contribution is -2.44. The normalized spacial score (nSPS) is 21.5. The fraction of sp³-hybridized carbons (Fsp3) is 0.400. The van der Waals surface area contributed by atoms with Crippen molar-refractivity contribution in [3.8, 4) is 11.5 Å². The zero-order valence-electron chi connectivity index (χ0n) is 18.9. The molecule has 2 aliphatic rings. The minimum atomic E-state index is -0.816. The fourth-order valence-corrected chi connectivity index (χ4v) is 4.41.